The number of anilines is 1. The first-order valence-electron chi connectivity index (χ1n) is 10.8. The van der Waals surface area contributed by atoms with E-state index in [2.05, 4.69) is 36.9 Å². The van der Waals surface area contributed by atoms with E-state index in [1.807, 2.05) is 6.07 Å². The fourth-order valence-electron chi connectivity index (χ4n) is 4.24. The molecule has 0 N–H and O–H groups in total. The monoisotopic (exact) mass is 420 g/mol. The Hall–Kier alpha value is -2.92. The molecule has 0 saturated carbocycles. The minimum Gasteiger partial charge on any atom is -0.459 e. The molecule has 0 atom stereocenters. The van der Waals surface area contributed by atoms with Gasteiger partial charge in [-0.05, 0) is 80.1 Å². The summed E-state index contributed by atoms with van der Waals surface area (Å²) in [5, 5.41) is 0. The predicted octanol–water partition coefficient (Wildman–Crippen LogP) is 5.66. The summed E-state index contributed by atoms with van der Waals surface area (Å²) in [4.78, 5) is 17.4. The number of carbonyl (C=O) groups excluding carboxylic acids is 1. The molecule has 5 heteroatoms. The maximum Gasteiger partial charge on any atom is 0.294 e. The molecule has 4 nitrogen and oxygen atoms in total. The van der Waals surface area contributed by atoms with E-state index in [-0.39, 0.29) is 23.5 Å². The Morgan fingerprint density at radius 2 is 1.77 bits per heavy atom. The Morgan fingerprint density at radius 3 is 2.42 bits per heavy atom. The van der Waals surface area contributed by atoms with Crippen molar-refractivity contribution in [3.05, 3.63) is 88.6 Å². The van der Waals surface area contributed by atoms with Crippen LogP contribution in [0, 0.1) is 26.6 Å². The number of amides is 1. The molecule has 1 aromatic heterocycles. The number of halogens is 1. The number of nitrogens with zero attached hydrogens (tertiary/aromatic N) is 2. The molecule has 0 aliphatic carbocycles. The lowest BCUT2D eigenvalue weighted by atomic mass is 10.00. The zero-order chi connectivity index (χ0) is 22.0. The minimum absolute atomic E-state index is 0.00397. The van der Waals surface area contributed by atoms with Gasteiger partial charge >= 0.3 is 0 Å². The van der Waals surface area contributed by atoms with Crippen molar-refractivity contribution in [3.63, 3.8) is 0 Å². The van der Waals surface area contributed by atoms with E-state index in [9.17, 15) is 9.18 Å². The highest BCUT2D eigenvalue weighted by atomic mass is 19.1. The van der Waals surface area contributed by atoms with Gasteiger partial charge in [0.1, 0.15) is 5.82 Å². The normalized spacial score (nSPS) is 15.2. The Bertz CT molecular complexity index is 1050. The molecule has 4 rings (SSSR count). The Morgan fingerprint density at radius 1 is 1.03 bits per heavy atom. The van der Waals surface area contributed by atoms with Gasteiger partial charge in [-0.3, -0.25) is 9.69 Å². The SMILES string of the molecule is Cc1ccc(CN2CCC(N(C(=O)c3ccco3)c3ccc(C)c(F)c3)CC2)cc1C. The second-order valence-corrected chi connectivity index (χ2v) is 8.51. The van der Waals surface area contributed by atoms with Gasteiger partial charge in [0.2, 0.25) is 0 Å². The highest BCUT2D eigenvalue weighted by molar-refractivity contribution is 6.04. The number of hydrogen-bond acceptors (Lipinski definition) is 3. The van der Waals surface area contributed by atoms with Crippen LogP contribution in [-0.2, 0) is 6.54 Å². The Kier molecular flexibility index (Phi) is 6.23. The predicted molar refractivity (Wildman–Crippen MR) is 121 cm³/mol. The average molecular weight is 421 g/mol. The molecule has 1 aliphatic heterocycles. The van der Waals surface area contributed by atoms with E-state index in [4.69, 9.17) is 4.42 Å². The van der Waals surface area contributed by atoms with Gasteiger partial charge in [-0.25, -0.2) is 4.39 Å². The molecule has 0 spiro atoms. The van der Waals surface area contributed by atoms with Crippen LogP contribution in [0.25, 0.3) is 0 Å². The molecule has 2 heterocycles. The first kappa shape index (κ1) is 21.3. The number of carbonyl (C=O) groups is 1. The number of piperidine rings is 1. The third-order valence-corrected chi connectivity index (χ3v) is 6.28. The van der Waals surface area contributed by atoms with Crippen molar-refractivity contribution in [2.24, 2.45) is 0 Å². The molecule has 2 aromatic carbocycles. The lowest BCUT2D eigenvalue weighted by molar-refractivity contribution is 0.0931. The molecule has 3 aromatic rings. The molecule has 1 amide bonds. The largest absolute Gasteiger partial charge is 0.459 e. The van der Waals surface area contributed by atoms with Crippen molar-refractivity contribution in [3.8, 4) is 0 Å². The fraction of sp³-hybridized carbons (Fsp3) is 0.346. The van der Waals surface area contributed by atoms with Crippen LogP contribution in [0.1, 0.15) is 45.7 Å². The van der Waals surface area contributed by atoms with E-state index in [1.54, 1.807) is 30.0 Å². The highest BCUT2D eigenvalue weighted by Gasteiger charge is 2.31. The summed E-state index contributed by atoms with van der Waals surface area (Å²) in [7, 11) is 0. The number of hydrogen-bond donors (Lipinski definition) is 0. The highest BCUT2D eigenvalue weighted by Crippen LogP contribution is 2.28. The summed E-state index contributed by atoms with van der Waals surface area (Å²) in [6.45, 7) is 8.66. The van der Waals surface area contributed by atoms with Gasteiger partial charge in [0.25, 0.3) is 5.91 Å². The van der Waals surface area contributed by atoms with Crippen LogP contribution in [0.3, 0.4) is 0 Å². The number of benzene rings is 2. The van der Waals surface area contributed by atoms with E-state index in [1.165, 1.54) is 29.0 Å². The van der Waals surface area contributed by atoms with Crippen molar-refractivity contribution in [2.75, 3.05) is 18.0 Å². The standard InChI is InChI=1S/C26H29FN2O2/c1-18-6-8-21(15-20(18)3)17-28-12-10-22(11-13-28)29(26(30)25-5-4-14-31-25)23-9-7-19(2)24(27)16-23/h4-9,14-16,22H,10-13,17H2,1-3H3. The van der Waals surface area contributed by atoms with Crippen LogP contribution < -0.4 is 4.90 Å². The number of rotatable bonds is 5. The smallest absolute Gasteiger partial charge is 0.294 e. The summed E-state index contributed by atoms with van der Waals surface area (Å²) in [5.74, 6) is -0.249. The van der Waals surface area contributed by atoms with Gasteiger partial charge in [0.15, 0.2) is 5.76 Å². The van der Waals surface area contributed by atoms with Crippen molar-refractivity contribution in [1.82, 2.24) is 4.90 Å². The molecule has 162 valence electrons. The van der Waals surface area contributed by atoms with Crippen molar-refractivity contribution in [2.45, 2.75) is 46.2 Å². The maximum absolute atomic E-state index is 14.3. The van der Waals surface area contributed by atoms with Crippen LogP contribution in [0.15, 0.2) is 59.2 Å². The lowest BCUT2D eigenvalue weighted by Gasteiger charge is -2.38. The number of furan rings is 1. The molecule has 0 bridgehead atoms. The number of likely N-dealkylation sites (tertiary alicyclic amines) is 1. The minimum atomic E-state index is -0.304. The van der Waals surface area contributed by atoms with E-state index >= 15 is 0 Å². The lowest BCUT2D eigenvalue weighted by Crippen LogP contribution is -2.47. The molecule has 31 heavy (non-hydrogen) atoms. The molecule has 1 fully saturated rings. The quantitative estimate of drug-likeness (QED) is 0.535. The van der Waals surface area contributed by atoms with Crippen LogP contribution in [0.2, 0.25) is 0 Å². The van der Waals surface area contributed by atoms with Gasteiger partial charge in [0, 0.05) is 31.4 Å². The molecule has 0 radical (unpaired) electrons. The average Bonchev–Trinajstić information content (AvgIpc) is 3.30. The van der Waals surface area contributed by atoms with Gasteiger partial charge < -0.3 is 9.32 Å². The summed E-state index contributed by atoms with van der Waals surface area (Å²) >= 11 is 0. The van der Waals surface area contributed by atoms with Gasteiger partial charge in [-0.2, -0.15) is 0 Å². The molecular weight excluding hydrogens is 391 g/mol. The van der Waals surface area contributed by atoms with Crippen molar-refractivity contribution >= 4 is 11.6 Å². The second kappa shape index (κ2) is 9.06. The first-order valence-corrected chi connectivity index (χ1v) is 10.8. The van der Waals surface area contributed by atoms with E-state index < -0.39 is 0 Å². The zero-order valence-electron chi connectivity index (χ0n) is 18.4. The third kappa shape index (κ3) is 4.72. The Balaban J connectivity index is 1.51. The topological polar surface area (TPSA) is 36.7 Å². The van der Waals surface area contributed by atoms with Gasteiger partial charge in [0.05, 0.1) is 6.26 Å². The molecule has 0 unspecified atom stereocenters. The van der Waals surface area contributed by atoms with Gasteiger partial charge in [-0.15, -0.1) is 0 Å². The van der Waals surface area contributed by atoms with Crippen molar-refractivity contribution in [1.29, 1.82) is 0 Å². The third-order valence-electron chi connectivity index (χ3n) is 6.28. The molecule has 1 aliphatic rings. The van der Waals surface area contributed by atoms with Crippen LogP contribution >= 0.6 is 0 Å². The Labute approximate surface area is 183 Å². The van der Waals surface area contributed by atoms with Crippen molar-refractivity contribution < 1.29 is 13.6 Å². The van der Waals surface area contributed by atoms with Crippen LogP contribution in [0.5, 0.6) is 0 Å². The summed E-state index contributed by atoms with van der Waals surface area (Å²) in [5.41, 5.74) is 5.07. The summed E-state index contributed by atoms with van der Waals surface area (Å²) in [6, 6.07) is 15.0. The first-order chi connectivity index (χ1) is 14.9. The second-order valence-electron chi connectivity index (χ2n) is 8.51. The summed E-state index contributed by atoms with van der Waals surface area (Å²) < 4.78 is 19.7. The van der Waals surface area contributed by atoms with Gasteiger partial charge in [-0.1, -0.05) is 24.3 Å². The van der Waals surface area contributed by atoms with E-state index in [0.717, 1.165) is 32.5 Å². The molecular formula is C26H29FN2O2. The van der Waals surface area contributed by atoms with Crippen LogP contribution in [-0.4, -0.2) is 29.9 Å². The molecule has 1 saturated heterocycles. The maximum atomic E-state index is 14.3. The zero-order valence-corrected chi connectivity index (χ0v) is 18.4. The number of aryl methyl sites for hydroxylation is 3. The summed E-state index contributed by atoms with van der Waals surface area (Å²) in [6.07, 6.45) is 3.15. The van der Waals surface area contributed by atoms with E-state index in [0.29, 0.717) is 11.3 Å². The fourth-order valence-corrected chi connectivity index (χ4v) is 4.24. The van der Waals surface area contributed by atoms with Crippen LogP contribution in [0.4, 0.5) is 10.1 Å².